The summed E-state index contributed by atoms with van der Waals surface area (Å²) in [5.74, 6) is -2.23. The molecule has 0 saturated carbocycles. The predicted molar refractivity (Wildman–Crippen MR) is 96.4 cm³/mol. The zero-order valence-electron chi connectivity index (χ0n) is 14.8. The summed E-state index contributed by atoms with van der Waals surface area (Å²) in [6.45, 7) is 3.03. The Balaban J connectivity index is 2.16. The Morgan fingerprint density at radius 2 is 1.35 bits per heavy atom. The average molecular weight is 351 g/mol. The largest absolute Gasteiger partial charge is 0.550 e. The number of aromatic nitrogens is 1. The van der Waals surface area contributed by atoms with Crippen molar-refractivity contribution in [3.8, 4) is 0 Å². The number of aryl methyl sites for hydroxylation is 1. The summed E-state index contributed by atoms with van der Waals surface area (Å²) in [6.07, 6.45) is 3.03. The van der Waals surface area contributed by atoms with E-state index in [0.29, 0.717) is 11.1 Å². The van der Waals surface area contributed by atoms with Crippen LogP contribution in [0.1, 0.15) is 37.3 Å². The summed E-state index contributed by atoms with van der Waals surface area (Å²) >= 11 is 0. The molecular formula is C21H21NO4-2. The van der Waals surface area contributed by atoms with Gasteiger partial charge in [0.1, 0.15) is 0 Å². The van der Waals surface area contributed by atoms with Gasteiger partial charge in [-0.25, -0.2) is 0 Å². The number of carbonyl (C=O) groups excluding carboxylic acids is 2. The molecular weight excluding hydrogens is 330 g/mol. The Hall–Kier alpha value is -2.82. The monoisotopic (exact) mass is 351 g/mol. The first kappa shape index (κ1) is 18.0. The van der Waals surface area contributed by atoms with Gasteiger partial charge in [0.25, 0.3) is 0 Å². The first-order valence-electron chi connectivity index (χ1n) is 8.93. The number of carboxylic acid groups (broad SMARTS) is 2. The second-order valence-electron chi connectivity index (χ2n) is 6.66. The molecule has 5 heteroatoms. The molecule has 3 rings (SSSR count). The quantitative estimate of drug-likeness (QED) is 0.577. The Labute approximate surface area is 151 Å². The summed E-state index contributed by atoms with van der Waals surface area (Å²) in [6, 6.07) is 11.2. The Kier molecular flexibility index (Phi) is 5.26. The van der Waals surface area contributed by atoms with Gasteiger partial charge in [0, 0.05) is 53.1 Å². The molecule has 0 aliphatic carbocycles. The number of hydrogen-bond acceptors (Lipinski definition) is 4. The first-order chi connectivity index (χ1) is 12.5. The number of benzene rings is 2. The highest BCUT2D eigenvalue weighted by Crippen LogP contribution is 2.31. The second kappa shape index (κ2) is 7.60. The van der Waals surface area contributed by atoms with Crippen molar-refractivity contribution in [2.45, 2.75) is 45.6 Å². The number of carboxylic acids is 2. The van der Waals surface area contributed by atoms with Gasteiger partial charge in [-0.1, -0.05) is 31.9 Å². The zero-order valence-corrected chi connectivity index (χ0v) is 14.8. The number of nitrogens with zero attached hydrogens (tertiary/aromatic N) is 1. The number of unbranched alkanes of at least 4 members (excludes halogenated alkanes) is 2. The van der Waals surface area contributed by atoms with E-state index in [-0.39, 0.29) is 12.8 Å². The zero-order chi connectivity index (χ0) is 18.7. The van der Waals surface area contributed by atoms with E-state index in [1.54, 1.807) is 0 Å². The fraction of sp³-hybridized carbons (Fsp3) is 0.333. The highest BCUT2D eigenvalue weighted by Gasteiger charge is 2.12. The third-order valence-corrected chi connectivity index (χ3v) is 4.68. The van der Waals surface area contributed by atoms with Crippen LogP contribution < -0.4 is 10.2 Å². The lowest BCUT2D eigenvalue weighted by Crippen LogP contribution is -2.24. The van der Waals surface area contributed by atoms with Crippen LogP contribution in [0, 0.1) is 0 Å². The SMILES string of the molecule is CCCCCn1c2ccc(CC(=O)[O-])cc2c2cc(CC(=O)[O-])ccc21. The second-order valence-corrected chi connectivity index (χ2v) is 6.66. The van der Waals surface area contributed by atoms with E-state index < -0.39 is 11.9 Å². The lowest BCUT2D eigenvalue weighted by atomic mass is 10.0. The molecule has 0 unspecified atom stereocenters. The molecule has 0 amide bonds. The third kappa shape index (κ3) is 3.72. The van der Waals surface area contributed by atoms with Crippen LogP contribution >= 0.6 is 0 Å². The summed E-state index contributed by atoms with van der Waals surface area (Å²) in [7, 11) is 0. The fourth-order valence-electron chi connectivity index (χ4n) is 3.51. The minimum atomic E-state index is -1.12. The van der Waals surface area contributed by atoms with Gasteiger partial charge in [0.05, 0.1) is 0 Å². The standard InChI is InChI=1S/C21H23NO4/c1-2-3-4-9-22-18-7-5-14(12-20(23)24)10-16(18)17-11-15(13-21(25)26)6-8-19(17)22/h5-8,10-11H,2-4,9,12-13H2,1H3,(H,23,24)(H,25,26)/p-2. The van der Waals surface area contributed by atoms with Crippen LogP contribution in [0.5, 0.6) is 0 Å². The lowest BCUT2D eigenvalue weighted by molar-refractivity contribution is -0.306. The van der Waals surface area contributed by atoms with Gasteiger partial charge in [0.15, 0.2) is 0 Å². The minimum absolute atomic E-state index is 0.142. The Morgan fingerprint density at radius 3 is 1.77 bits per heavy atom. The maximum atomic E-state index is 10.9. The van der Waals surface area contributed by atoms with E-state index in [2.05, 4.69) is 11.5 Å². The molecule has 0 saturated heterocycles. The number of rotatable bonds is 8. The first-order valence-corrected chi connectivity index (χ1v) is 8.93. The number of fused-ring (bicyclic) bond motifs is 3. The lowest BCUT2D eigenvalue weighted by Gasteiger charge is -2.08. The van der Waals surface area contributed by atoms with Crippen molar-refractivity contribution < 1.29 is 19.8 Å². The van der Waals surface area contributed by atoms with Crippen molar-refractivity contribution in [3.05, 3.63) is 47.5 Å². The van der Waals surface area contributed by atoms with Gasteiger partial charge in [0.2, 0.25) is 0 Å². The molecule has 136 valence electrons. The molecule has 1 heterocycles. The molecule has 0 bridgehead atoms. The molecule has 3 aromatic rings. The molecule has 26 heavy (non-hydrogen) atoms. The highest BCUT2D eigenvalue weighted by atomic mass is 16.4. The molecule has 0 radical (unpaired) electrons. The fourth-order valence-corrected chi connectivity index (χ4v) is 3.51. The van der Waals surface area contributed by atoms with Crippen molar-refractivity contribution in [3.63, 3.8) is 0 Å². The van der Waals surface area contributed by atoms with Crippen molar-refractivity contribution >= 4 is 33.7 Å². The van der Waals surface area contributed by atoms with Crippen molar-refractivity contribution in [1.82, 2.24) is 4.57 Å². The summed E-state index contributed by atoms with van der Waals surface area (Å²) in [5, 5.41) is 23.8. The van der Waals surface area contributed by atoms with Gasteiger partial charge in [-0.3, -0.25) is 0 Å². The van der Waals surface area contributed by atoms with E-state index in [0.717, 1.165) is 47.6 Å². The molecule has 0 fully saturated rings. The highest BCUT2D eigenvalue weighted by molar-refractivity contribution is 6.08. The van der Waals surface area contributed by atoms with Gasteiger partial charge in [-0.05, 0) is 41.8 Å². The van der Waals surface area contributed by atoms with Crippen LogP contribution in [0.15, 0.2) is 36.4 Å². The van der Waals surface area contributed by atoms with Gasteiger partial charge in [-0.15, -0.1) is 0 Å². The van der Waals surface area contributed by atoms with Crippen LogP contribution in [0.4, 0.5) is 0 Å². The van der Waals surface area contributed by atoms with E-state index in [4.69, 9.17) is 0 Å². The molecule has 5 nitrogen and oxygen atoms in total. The molecule has 0 spiro atoms. The maximum absolute atomic E-state index is 10.9. The van der Waals surface area contributed by atoms with Crippen LogP contribution in [-0.4, -0.2) is 16.5 Å². The molecule has 0 N–H and O–H groups in total. The van der Waals surface area contributed by atoms with E-state index in [1.807, 2.05) is 36.4 Å². The molecule has 0 atom stereocenters. The minimum Gasteiger partial charge on any atom is -0.550 e. The van der Waals surface area contributed by atoms with Crippen molar-refractivity contribution in [2.75, 3.05) is 0 Å². The molecule has 0 aliphatic heterocycles. The summed E-state index contributed by atoms with van der Waals surface area (Å²) < 4.78 is 2.23. The van der Waals surface area contributed by atoms with E-state index in [9.17, 15) is 19.8 Å². The van der Waals surface area contributed by atoms with Crippen LogP contribution in [0.25, 0.3) is 21.8 Å². The predicted octanol–water partition coefficient (Wildman–Crippen LogP) is 1.57. The third-order valence-electron chi connectivity index (χ3n) is 4.68. The average Bonchev–Trinajstić information content (AvgIpc) is 2.87. The van der Waals surface area contributed by atoms with E-state index >= 15 is 0 Å². The van der Waals surface area contributed by atoms with Crippen LogP contribution in [0.2, 0.25) is 0 Å². The topological polar surface area (TPSA) is 85.2 Å². The number of carbonyl (C=O) groups is 2. The molecule has 0 aliphatic rings. The summed E-state index contributed by atoms with van der Waals surface area (Å²) in [5.41, 5.74) is 3.42. The van der Waals surface area contributed by atoms with Gasteiger partial charge >= 0.3 is 0 Å². The Bertz CT molecular complexity index is 898. The van der Waals surface area contributed by atoms with Gasteiger partial charge < -0.3 is 24.4 Å². The maximum Gasteiger partial charge on any atom is 0.0491 e. The van der Waals surface area contributed by atoms with Crippen molar-refractivity contribution in [2.24, 2.45) is 0 Å². The number of hydrogen-bond donors (Lipinski definition) is 0. The molecule has 1 aromatic heterocycles. The number of aliphatic carboxylic acids is 2. The summed E-state index contributed by atoms with van der Waals surface area (Å²) in [4.78, 5) is 21.9. The van der Waals surface area contributed by atoms with E-state index in [1.165, 1.54) is 0 Å². The Morgan fingerprint density at radius 1 is 0.846 bits per heavy atom. The normalized spacial score (nSPS) is 11.3. The van der Waals surface area contributed by atoms with Crippen molar-refractivity contribution in [1.29, 1.82) is 0 Å². The molecule has 2 aromatic carbocycles. The van der Waals surface area contributed by atoms with Crippen LogP contribution in [-0.2, 0) is 29.0 Å². The van der Waals surface area contributed by atoms with Gasteiger partial charge in [-0.2, -0.15) is 0 Å². The smallest absolute Gasteiger partial charge is 0.0491 e. The van der Waals surface area contributed by atoms with Crippen LogP contribution in [0.3, 0.4) is 0 Å².